The van der Waals surface area contributed by atoms with Crippen molar-refractivity contribution in [2.24, 2.45) is 0 Å². The van der Waals surface area contributed by atoms with Crippen molar-refractivity contribution in [2.45, 2.75) is 39.5 Å². The first kappa shape index (κ1) is 17.8. The quantitative estimate of drug-likeness (QED) is 0.904. The number of aryl methyl sites for hydroxylation is 1. The van der Waals surface area contributed by atoms with E-state index in [1.807, 2.05) is 20.8 Å². The van der Waals surface area contributed by atoms with Gasteiger partial charge in [-0.1, -0.05) is 32.9 Å². The summed E-state index contributed by atoms with van der Waals surface area (Å²) in [5.41, 5.74) is 0.433. The van der Waals surface area contributed by atoms with Crippen molar-refractivity contribution in [3.63, 3.8) is 0 Å². The molecule has 0 radical (unpaired) electrons. The van der Waals surface area contributed by atoms with Crippen molar-refractivity contribution in [1.82, 2.24) is 15.3 Å². The van der Waals surface area contributed by atoms with Crippen molar-refractivity contribution >= 4 is 5.91 Å². The monoisotopic (exact) mass is 331 g/mol. The lowest BCUT2D eigenvalue weighted by atomic mass is 9.95. The summed E-state index contributed by atoms with van der Waals surface area (Å²) in [6, 6.07) is 6.20. The van der Waals surface area contributed by atoms with Gasteiger partial charge in [0, 0.05) is 12.0 Å². The number of halogens is 1. The lowest BCUT2D eigenvalue weighted by Crippen LogP contribution is -2.34. The average Bonchev–Trinajstić information content (AvgIpc) is 2.45. The molecule has 2 rings (SSSR count). The number of benzene rings is 1. The molecule has 0 saturated heterocycles. The van der Waals surface area contributed by atoms with Gasteiger partial charge in [-0.15, -0.1) is 0 Å². The van der Waals surface area contributed by atoms with Gasteiger partial charge in [-0.05, 0) is 31.0 Å². The van der Waals surface area contributed by atoms with Crippen LogP contribution < -0.4 is 10.9 Å². The first-order valence-corrected chi connectivity index (χ1v) is 7.82. The van der Waals surface area contributed by atoms with Gasteiger partial charge in [0.05, 0.1) is 5.69 Å². The Morgan fingerprint density at radius 2 is 2.04 bits per heavy atom. The highest BCUT2D eigenvalue weighted by Crippen LogP contribution is 2.17. The zero-order chi connectivity index (χ0) is 17.9. The van der Waals surface area contributed by atoms with Crippen LogP contribution in [0.4, 0.5) is 4.39 Å². The van der Waals surface area contributed by atoms with Gasteiger partial charge in [0.15, 0.2) is 0 Å². The molecule has 0 aliphatic carbocycles. The fourth-order valence-corrected chi connectivity index (χ4v) is 2.31. The topological polar surface area (TPSA) is 74.8 Å². The van der Waals surface area contributed by atoms with E-state index in [0.717, 1.165) is 5.56 Å². The molecule has 0 bridgehead atoms. The molecule has 0 saturated carbocycles. The Morgan fingerprint density at radius 1 is 1.33 bits per heavy atom. The summed E-state index contributed by atoms with van der Waals surface area (Å²) in [5.74, 6) is -0.243. The standard InChI is InChI=1S/C18H22FN3O2/c1-11-14(16(24)22-17(21-11)18(2,3)4)15(23)20-9-8-12-6-5-7-13(19)10-12/h5-7,10H,8-9H2,1-4H3,(H,20,23)(H,21,22,24). The van der Waals surface area contributed by atoms with Crippen LogP contribution in [-0.4, -0.2) is 22.4 Å². The molecule has 0 fully saturated rings. The van der Waals surface area contributed by atoms with Crippen LogP contribution in [0.25, 0.3) is 0 Å². The smallest absolute Gasteiger partial charge is 0.264 e. The molecule has 0 spiro atoms. The van der Waals surface area contributed by atoms with E-state index >= 15 is 0 Å². The number of carbonyl (C=O) groups excluding carboxylic acids is 1. The van der Waals surface area contributed by atoms with Gasteiger partial charge >= 0.3 is 0 Å². The SMILES string of the molecule is Cc1nc(C(C)(C)C)[nH]c(=O)c1C(=O)NCCc1cccc(F)c1. The van der Waals surface area contributed by atoms with Gasteiger partial charge in [0.25, 0.3) is 11.5 Å². The Balaban J connectivity index is 2.09. The highest BCUT2D eigenvalue weighted by atomic mass is 19.1. The third-order valence-electron chi connectivity index (χ3n) is 3.63. The molecular formula is C18H22FN3O2. The van der Waals surface area contributed by atoms with Crippen molar-refractivity contribution in [3.8, 4) is 0 Å². The molecule has 2 N–H and O–H groups in total. The minimum atomic E-state index is -0.474. The lowest BCUT2D eigenvalue weighted by molar-refractivity contribution is 0.0951. The Morgan fingerprint density at radius 3 is 2.62 bits per heavy atom. The van der Waals surface area contributed by atoms with E-state index in [0.29, 0.717) is 24.5 Å². The van der Waals surface area contributed by atoms with Crippen molar-refractivity contribution in [1.29, 1.82) is 0 Å². The van der Waals surface area contributed by atoms with E-state index in [-0.39, 0.29) is 16.8 Å². The number of hydrogen-bond donors (Lipinski definition) is 2. The summed E-state index contributed by atoms with van der Waals surface area (Å²) in [4.78, 5) is 31.5. The van der Waals surface area contributed by atoms with Crippen LogP contribution >= 0.6 is 0 Å². The predicted molar refractivity (Wildman–Crippen MR) is 90.7 cm³/mol. The fraction of sp³-hybridized carbons (Fsp3) is 0.389. The maximum absolute atomic E-state index is 13.1. The minimum absolute atomic E-state index is 0.0160. The van der Waals surface area contributed by atoms with Crippen LogP contribution in [0.2, 0.25) is 0 Å². The molecule has 5 nitrogen and oxygen atoms in total. The van der Waals surface area contributed by atoms with Gasteiger partial charge < -0.3 is 10.3 Å². The summed E-state index contributed by atoms with van der Waals surface area (Å²) >= 11 is 0. The first-order chi connectivity index (χ1) is 11.2. The van der Waals surface area contributed by atoms with E-state index in [9.17, 15) is 14.0 Å². The number of rotatable bonds is 4. The normalized spacial score (nSPS) is 11.4. The zero-order valence-corrected chi connectivity index (χ0v) is 14.4. The van der Waals surface area contributed by atoms with Crippen LogP contribution in [-0.2, 0) is 11.8 Å². The van der Waals surface area contributed by atoms with E-state index in [4.69, 9.17) is 0 Å². The van der Waals surface area contributed by atoms with E-state index < -0.39 is 11.5 Å². The number of aromatic amines is 1. The van der Waals surface area contributed by atoms with Crippen LogP contribution in [0.3, 0.4) is 0 Å². The Kier molecular flexibility index (Phi) is 5.17. The second-order valence-electron chi connectivity index (χ2n) is 6.76. The summed E-state index contributed by atoms with van der Waals surface area (Å²) in [6.45, 7) is 7.75. The van der Waals surface area contributed by atoms with Crippen LogP contribution in [0, 0.1) is 12.7 Å². The fourth-order valence-electron chi connectivity index (χ4n) is 2.31. The molecule has 0 aliphatic rings. The molecule has 1 aromatic carbocycles. The van der Waals surface area contributed by atoms with E-state index in [1.54, 1.807) is 19.1 Å². The van der Waals surface area contributed by atoms with Crippen LogP contribution in [0.5, 0.6) is 0 Å². The highest BCUT2D eigenvalue weighted by Gasteiger charge is 2.21. The predicted octanol–water partition coefficient (Wildman–Crippen LogP) is 2.49. The molecule has 24 heavy (non-hydrogen) atoms. The number of hydrogen-bond acceptors (Lipinski definition) is 3. The van der Waals surface area contributed by atoms with Crippen molar-refractivity contribution in [2.75, 3.05) is 6.54 Å². The third kappa shape index (κ3) is 4.28. The Labute approximate surface area is 140 Å². The molecule has 0 atom stereocenters. The minimum Gasteiger partial charge on any atom is -0.351 e. The van der Waals surface area contributed by atoms with Gasteiger partial charge in [-0.2, -0.15) is 0 Å². The summed E-state index contributed by atoms with van der Waals surface area (Å²) < 4.78 is 13.1. The largest absolute Gasteiger partial charge is 0.351 e. The summed E-state index contributed by atoms with van der Waals surface area (Å²) in [5, 5.41) is 2.69. The highest BCUT2D eigenvalue weighted by molar-refractivity contribution is 5.94. The van der Waals surface area contributed by atoms with Crippen molar-refractivity contribution < 1.29 is 9.18 Å². The molecule has 1 aromatic heterocycles. The second-order valence-corrected chi connectivity index (χ2v) is 6.76. The lowest BCUT2D eigenvalue weighted by Gasteiger charge is -2.18. The number of H-pyrrole nitrogens is 1. The van der Waals surface area contributed by atoms with Gasteiger partial charge in [0.1, 0.15) is 17.2 Å². The summed E-state index contributed by atoms with van der Waals surface area (Å²) in [7, 11) is 0. The molecule has 6 heteroatoms. The molecule has 1 heterocycles. The molecule has 1 amide bonds. The maximum atomic E-state index is 13.1. The number of nitrogens with one attached hydrogen (secondary N) is 2. The molecule has 0 aliphatic heterocycles. The molecule has 0 unspecified atom stereocenters. The van der Waals surface area contributed by atoms with Crippen molar-refractivity contribution in [3.05, 3.63) is 63.1 Å². The van der Waals surface area contributed by atoms with Gasteiger partial charge in [-0.25, -0.2) is 9.37 Å². The van der Waals surface area contributed by atoms with Crippen LogP contribution in [0.1, 0.15) is 48.2 Å². The van der Waals surface area contributed by atoms with Crippen LogP contribution in [0.15, 0.2) is 29.1 Å². The molecule has 128 valence electrons. The molecular weight excluding hydrogens is 309 g/mol. The maximum Gasteiger partial charge on any atom is 0.264 e. The Hall–Kier alpha value is -2.50. The number of carbonyl (C=O) groups is 1. The number of nitrogens with zero attached hydrogens (tertiary/aromatic N) is 1. The Bertz CT molecular complexity index is 807. The van der Waals surface area contributed by atoms with Gasteiger partial charge in [-0.3, -0.25) is 9.59 Å². The average molecular weight is 331 g/mol. The zero-order valence-electron chi connectivity index (χ0n) is 14.4. The molecule has 2 aromatic rings. The number of aromatic nitrogens is 2. The van der Waals surface area contributed by atoms with Gasteiger partial charge in [0.2, 0.25) is 0 Å². The number of amides is 1. The van der Waals surface area contributed by atoms with E-state index in [1.165, 1.54) is 12.1 Å². The third-order valence-corrected chi connectivity index (χ3v) is 3.63. The van der Waals surface area contributed by atoms with E-state index in [2.05, 4.69) is 15.3 Å². The second kappa shape index (κ2) is 6.95. The first-order valence-electron chi connectivity index (χ1n) is 7.82. The summed E-state index contributed by atoms with van der Waals surface area (Å²) in [6.07, 6.45) is 0.480.